The molecule has 10 nitrogen and oxygen atoms in total. The molecule has 0 saturated carbocycles. The van der Waals surface area contributed by atoms with E-state index in [1.165, 1.54) is 0 Å². The Kier molecular flexibility index (Phi) is 9.73. The lowest BCUT2D eigenvalue weighted by Gasteiger charge is -2.48. The third kappa shape index (κ3) is 7.05. The van der Waals surface area contributed by atoms with E-state index in [4.69, 9.17) is 4.74 Å². The summed E-state index contributed by atoms with van der Waals surface area (Å²) in [5, 5.41) is 13.5. The maximum Gasteiger partial charge on any atom is 0.250 e. The second-order valence-corrected chi connectivity index (χ2v) is 13.6. The van der Waals surface area contributed by atoms with Crippen molar-refractivity contribution >= 4 is 17.7 Å². The van der Waals surface area contributed by atoms with E-state index in [-0.39, 0.29) is 47.9 Å². The number of nitrogens with zero attached hydrogens (tertiary/aromatic N) is 4. The molecule has 0 spiro atoms. The zero-order valence-corrected chi connectivity index (χ0v) is 26.6. The highest BCUT2D eigenvalue weighted by Gasteiger charge is 2.40. The Bertz CT molecular complexity index is 1150. The van der Waals surface area contributed by atoms with Crippen LogP contribution in [0.5, 0.6) is 0 Å². The van der Waals surface area contributed by atoms with Gasteiger partial charge in [0.1, 0.15) is 5.76 Å². The van der Waals surface area contributed by atoms with Crippen molar-refractivity contribution in [3.63, 3.8) is 0 Å². The first-order valence-electron chi connectivity index (χ1n) is 16.3. The number of hydrogen-bond acceptors (Lipinski definition) is 7. The normalized spacial score (nSPS) is 29.0. The van der Waals surface area contributed by atoms with Gasteiger partial charge in [-0.3, -0.25) is 14.4 Å². The predicted molar refractivity (Wildman–Crippen MR) is 164 cm³/mol. The van der Waals surface area contributed by atoms with Gasteiger partial charge in [0.15, 0.2) is 0 Å². The molecule has 5 aliphatic heterocycles. The third-order valence-electron chi connectivity index (χ3n) is 10.0. The van der Waals surface area contributed by atoms with Crippen LogP contribution in [0.2, 0.25) is 0 Å². The second-order valence-electron chi connectivity index (χ2n) is 13.6. The van der Waals surface area contributed by atoms with E-state index in [1.807, 2.05) is 11.0 Å². The minimum atomic E-state index is -0.640. The van der Waals surface area contributed by atoms with Gasteiger partial charge in [0.05, 0.1) is 19.3 Å². The monoisotopic (exact) mass is 597 g/mol. The number of aliphatic hydroxyl groups excluding tert-OH is 1. The molecule has 238 valence electrons. The Labute approximate surface area is 256 Å². The molecule has 2 fully saturated rings. The summed E-state index contributed by atoms with van der Waals surface area (Å²) in [6.45, 7) is 11.6. The van der Waals surface area contributed by atoms with E-state index in [9.17, 15) is 19.5 Å². The minimum absolute atomic E-state index is 0.0120. The van der Waals surface area contributed by atoms with Gasteiger partial charge in [0, 0.05) is 99.2 Å². The van der Waals surface area contributed by atoms with E-state index in [0.717, 1.165) is 82.5 Å². The molecule has 3 amide bonds. The van der Waals surface area contributed by atoms with Crippen molar-refractivity contribution in [3.8, 4) is 0 Å². The molecule has 5 heterocycles. The first kappa shape index (κ1) is 31.4. The van der Waals surface area contributed by atoms with Gasteiger partial charge < -0.3 is 34.8 Å². The zero-order valence-electron chi connectivity index (χ0n) is 26.6. The van der Waals surface area contributed by atoms with E-state index in [0.29, 0.717) is 18.1 Å². The fourth-order valence-corrected chi connectivity index (χ4v) is 7.94. The summed E-state index contributed by atoms with van der Waals surface area (Å²) < 4.78 is 5.33. The molecule has 5 aliphatic rings. The molecule has 0 aromatic carbocycles. The molecule has 0 aromatic rings. The second kappa shape index (κ2) is 13.3. The highest BCUT2D eigenvalue weighted by Crippen LogP contribution is 2.33. The van der Waals surface area contributed by atoms with Crippen LogP contribution in [0.3, 0.4) is 0 Å². The third-order valence-corrected chi connectivity index (χ3v) is 10.0. The molecule has 2 saturated heterocycles. The van der Waals surface area contributed by atoms with Crippen molar-refractivity contribution in [2.24, 2.45) is 5.92 Å². The molecule has 0 aromatic heterocycles. The molecule has 43 heavy (non-hydrogen) atoms. The zero-order chi connectivity index (χ0) is 30.8. The van der Waals surface area contributed by atoms with Crippen LogP contribution in [0.4, 0.5) is 0 Å². The van der Waals surface area contributed by atoms with E-state index in [1.54, 1.807) is 26.2 Å². The molecule has 0 bridgehead atoms. The topological polar surface area (TPSA) is 106 Å². The lowest BCUT2D eigenvalue weighted by molar-refractivity contribution is -0.137. The average molecular weight is 598 g/mol. The van der Waals surface area contributed by atoms with Crippen LogP contribution < -0.4 is 5.32 Å². The van der Waals surface area contributed by atoms with Crippen LogP contribution in [-0.4, -0.2) is 112 Å². The first-order valence-corrected chi connectivity index (χ1v) is 16.3. The number of methoxy groups -OCH3 is 1. The van der Waals surface area contributed by atoms with Gasteiger partial charge in [0.2, 0.25) is 11.8 Å². The van der Waals surface area contributed by atoms with Gasteiger partial charge >= 0.3 is 0 Å². The summed E-state index contributed by atoms with van der Waals surface area (Å²) >= 11 is 0. The number of carbonyl (C=O) groups is 3. The van der Waals surface area contributed by atoms with Gasteiger partial charge in [-0.15, -0.1) is 0 Å². The van der Waals surface area contributed by atoms with Crippen LogP contribution in [-0.2, 0) is 19.1 Å². The lowest BCUT2D eigenvalue weighted by Crippen LogP contribution is -2.56. The summed E-state index contributed by atoms with van der Waals surface area (Å²) in [5.41, 5.74) is 2.23. The number of rotatable bonds is 8. The van der Waals surface area contributed by atoms with Crippen molar-refractivity contribution in [2.75, 3.05) is 33.3 Å². The number of amides is 3. The van der Waals surface area contributed by atoms with Crippen molar-refractivity contribution in [2.45, 2.75) is 115 Å². The van der Waals surface area contributed by atoms with Gasteiger partial charge in [0.25, 0.3) is 5.91 Å². The SMILES string of the molecule is COC1=CC(=O)N(C2CCN(C3=CC(=O)N(C4CCN(C5=CC(=O)N[C@H](CC(C)C)C5)CC4)[C@@H](C)C3)CC2)[C@@H]([C@@H](C)O)C1. The van der Waals surface area contributed by atoms with Crippen molar-refractivity contribution in [1.29, 1.82) is 0 Å². The number of carbonyl (C=O) groups excluding carboxylic acids is 3. The molecule has 5 rings (SSSR count). The predicted octanol–water partition coefficient (Wildman–Crippen LogP) is 2.75. The van der Waals surface area contributed by atoms with Crippen LogP contribution in [0.15, 0.2) is 35.4 Å². The number of hydrogen-bond donors (Lipinski definition) is 2. The number of piperidine rings is 2. The largest absolute Gasteiger partial charge is 0.501 e. The lowest BCUT2D eigenvalue weighted by atomic mass is 9.92. The number of nitrogens with one attached hydrogen (secondary N) is 1. The van der Waals surface area contributed by atoms with Gasteiger partial charge in [-0.05, 0) is 51.9 Å². The summed E-state index contributed by atoms with van der Waals surface area (Å²) in [7, 11) is 1.57. The molecule has 0 aliphatic carbocycles. The smallest absolute Gasteiger partial charge is 0.250 e. The Hall–Kier alpha value is -3.01. The summed E-state index contributed by atoms with van der Waals surface area (Å²) in [6, 6.07) is 0.301. The summed E-state index contributed by atoms with van der Waals surface area (Å²) in [6.07, 6.45) is 11.2. The molecule has 0 unspecified atom stereocenters. The number of aliphatic hydroxyl groups is 1. The van der Waals surface area contributed by atoms with Gasteiger partial charge in [-0.25, -0.2) is 0 Å². The highest BCUT2D eigenvalue weighted by molar-refractivity contribution is 5.90. The average Bonchev–Trinajstić information content (AvgIpc) is 2.96. The number of likely N-dealkylation sites (tertiary alicyclic amines) is 2. The minimum Gasteiger partial charge on any atom is -0.501 e. The Balaban J connectivity index is 1.15. The molecule has 0 radical (unpaired) electrons. The van der Waals surface area contributed by atoms with Gasteiger partial charge in [-0.1, -0.05) is 13.8 Å². The molecule has 10 heteroatoms. The summed E-state index contributed by atoms with van der Waals surface area (Å²) in [5.74, 6) is 1.18. The van der Waals surface area contributed by atoms with E-state index < -0.39 is 6.10 Å². The van der Waals surface area contributed by atoms with Crippen molar-refractivity contribution < 1.29 is 24.2 Å². The fraction of sp³-hybridized carbons (Fsp3) is 0.727. The maximum atomic E-state index is 13.5. The molecular formula is C33H51N5O5. The Morgan fingerprint density at radius 3 is 1.93 bits per heavy atom. The first-order chi connectivity index (χ1) is 20.5. The molecule has 4 atom stereocenters. The van der Waals surface area contributed by atoms with Crippen molar-refractivity contribution in [1.82, 2.24) is 24.9 Å². The van der Waals surface area contributed by atoms with Gasteiger partial charge in [-0.2, -0.15) is 0 Å². The van der Waals surface area contributed by atoms with E-state index >= 15 is 0 Å². The van der Waals surface area contributed by atoms with E-state index in [2.05, 4.69) is 40.8 Å². The Morgan fingerprint density at radius 2 is 1.40 bits per heavy atom. The van der Waals surface area contributed by atoms with Crippen LogP contribution >= 0.6 is 0 Å². The van der Waals surface area contributed by atoms with Crippen LogP contribution in [0.25, 0.3) is 0 Å². The molecular weight excluding hydrogens is 546 g/mol. The highest BCUT2D eigenvalue weighted by atomic mass is 16.5. The maximum absolute atomic E-state index is 13.5. The van der Waals surface area contributed by atoms with Crippen LogP contribution in [0, 0.1) is 5.92 Å². The Morgan fingerprint density at radius 1 is 0.837 bits per heavy atom. The standard InChI is InChI=1S/C33H51N5O5/c1-21(2)14-24-16-28(17-31(40)34-24)36-10-6-25(7-11-36)37-22(3)15-27(18-32(37)41)35-12-8-26(9-13-35)38-30(23(4)39)19-29(43-5)20-33(38)42/h17-18,20-26,30,39H,6-16,19H2,1-5H3,(H,34,40)/t22-,23+,24+,30+/m0/s1. The van der Waals surface area contributed by atoms with Crippen molar-refractivity contribution in [3.05, 3.63) is 35.4 Å². The summed E-state index contributed by atoms with van der Waals surface area (Å²) in [4.78, 5) is 47.4. The quantitative estimate of drug-likeness (QED) is 0.443. The number of ether oxygens (including phenoxy) is 1. The fourth-order valence-electron chi connectivity index (χ4n) is 7.94. The molecule has 2 N–H and O–H groups in total. The van der Waals surface area contributed by atoms with Crippen LogP contribution in [0.1, 0.15) is 79.1 Å².